The van der Waals surface area contributed by atoms with Crippen LogP contribution in [0.15, 0.2) is 23.1 Å². The molecule has 1 heterocycles. The molecule has 0 unspecified atom stereocenters. The topological polar surface area (TPSA) is 101 Å². The predicted octanol–water partition coefficient (Wildman–Crippen LogP) is 0.188. The summed E-state index contributed by atoms with van der Waals surface area (Å²) in [7, 11) is -7.09. The third kappa shape index (κ3) is 3.49. The van der Waals surface area contributed by atoms with Gasteiger partial charge in [0.1, 0.15) is 4.90 Å². The zero-order valence-corrected chi connectivity index (χ0v) is 13.7. The summed E-state index contributed by atoms with van der Waals surface area (Å²) in [6.45, 7) is 0.416. The van der Waals surface area contributed by atoms with Crippen LogP contribution >= 0.6 is 11.6 Å². The lowest BCUT2D eigenvalue weighted by Gasteiger charge is -2.32. The van der Waals surface area contributed by atoms with E-state index in [0.717, 1.165) is 6.26 Å². The van der Waals surface area contributed by atoms with Crippen molar-refractivity contribution in [3.05, 3.63) is 23.2 Å². The molecule has 1 aromatic rings. The van der Waals surface area contributed by atoms with E-state index in [1.165, 1.54) is 26.8 Å². The van der Waals surface area contributed by atoms with Gasteiger partial charge >= 0.3 is 0 Å². The van der Waals surface area contributed by atoms with Crippen LogP contribution < -0.4 is 5.73 Å². The Hall–Kier alpha value is -0.870. The lowest BCUT2D eigenvalue weighted by molar-refractivity contribution is 0.274. The predicted molar refractivity (Wildman–Crippen MR) is 81.0 cm³/mol. The molecule has 1 aliphatic rings. The van der Waals surface area contributed by atoms with E-state index in [2.05, 4.69) is 0 Å². The van der Waals surface area contributed by atoms with E-state index in [1.807, 2.05) is 0 Å². The average Bonchev–Trinajstić information content (AvgIpc) is 2.40. The molecule has 10 heteroatoms. The van der Waals surface area contributed by atoms with Gasteiger partial charge in [-0.2, -0.15) is 8.61 Å². The number of nitrogens with two attached hydrogens (primary N) is 1. The highest BCUT2D eigenvalue weighted by Crippen LogP contribution is 2.26. The number of piperazine rings is 1. The maximum atomic E-state index is 12.5. The molecule has 1 aromatic carbocycles. The molecule has 118 valence electrons. The Labute approximate surface area is 129 Å². The van der Waals surface area contributed by atoms with Crippen LogP contribution in [0.25, 0.3) is 0 Å². The Balaban J connectivity index is 2.25. The SMILES string of the molecule is CS(=O)(=O)N1CCN(S(=O)(=O)c2cc(Cl)ccc2N)CC1. The number of hydrogen-bond donors (Lipinski definition) is 1. The first-order valence-electron chi connectivity index (χ1n) is 6.12. The molecule has 0 aromatic heterocycles. The van der Waals surface area contributed by atoms with E-state index in [0.29, 0.717) is 0 Å². The molecule has 0 aliphatic carbocycles. The van der Waals surface area contributed by atoms with E-state index in [4.69, 9.17) is 17.3 Å². The van der Waals surface area contributed by atoms with Crippen molar-refractivity contribution in [1.82, 2.24) is 8.61 Å². The Morgan fingerprint density at radius 3 is 2.10 bits per heavy atom. The number of rotatable bonds is 3. The summed E-state index contributed by atoms with van der Waals surface area (Å²) in [6.07, 6.45) is 1.10. The van der Waals surface area contributed by atoms with Crippen molar-refractivity contribution in [2.75, 3.05) is 38.2 Å². The molecule has 1 fully saturated rings. The van der Waals surface area contributed by atoms with Gasteiger partial charge in [0.2, 0.25) is 20.0 Å². The molecule has 7 nitrogen and oxygen atoms in total. The quantitative estimate of drug-likeness (QED) is 0.781. The maximum Gasteiger partial charge on any atom is 0.245 e. The fourth-order valence-electron chi connectivity index (χ4n) is 2.11. The Morgan fingerprint density at radius 2 is 1.57 bits per heavy atom. The van der Waals surface area contributed by atoms with E-state index in [9.17, 15) is 16.8 Å². The summed E-state index contributed by atoms with van der Waals surface area (Å²) >= 11 is 5.82. The molecule has 0 amide bonds. The number of hydrogen-bond acceptors (Lipinski definition) is 5. The third-order valence-electron chi connectivity index (χ3n) is 3.26. The summed E-state index contributed by atoms with van der Waals surface area (Å²) in [5.74, 6) is 0. The number of sulfonamides is 2. The summed E-state index contributed by atoms with van der Waals surface area (Å²) in [4.78, 5) is -0.0530. The second-order valence-corrected chi connectivity index (χ2v) is 9.07. The number of anilines is 1. The van der Waals surface area contributed by atoms with E-state index >= 15 is 0 Å². The van der Waals surface area contributed by atoms with Crippen LogP contribution in [-0.2, 0) is 20.0 Å². The number of nitrogen functional groups attached to an aromatic ring is 1. The van der Waals surface area contributed by atoms with Crippen LogP contribution in [0.4, 0.5) is 5.69 Å². The lowest BCUT2D eigenvalue weighted by Crippen LogP contribution is -2.50. The van der Waals surface area contributed by atoms with Crippen LogP contribution in [0.2, 0.25) is 5.02 Å². The zero-order valence-electron chi connectivity index (χ0n) is 11.4. The maximum absolute atomic E-state index is 12.5. The molecule has 2 rings (SSSR count). The van der Waals surface area contributed by atoms with Gasteiger partial charge in [-0.1, -0.05) is 11.6 Å². The standard InChI is InChI=1S/C11H16ClN3O4S2/c1-20(16,17)14-4-6-15(7-5-14)21(18,19)11-8-9(12)2-3-10(11)13/h2-3,8H,4-7,13H2,1H3. The second kappa shape index (κ2) is 5.73. The van der Waals surface area contributed by atoms with Gasteiger partial charge in [0.05, 0.1) is 11.9 Å². The van der Waals surface area contributed by atoms with Crippen LogP contribution in [0.3, 0.4) is 0 Å². The fourth-order valence-corrected chi connectivity index (χ4v) is 4.74. The van der Waals surface area contributed by atoms with Crippen molar-refractivity contribution in [3.8, 4) is 0 Å². The minimum absolute atomic E-state index is 0.0530. The van der Waals surface area contributed by atoms with Gasteiger partial charge in [0, 0.05) is 31.2 Å². The van der Waals surface area contributed by atoms with Crippen LogP contribution in [-0.4, -0.2) is 57.9 Å². The smallest absolute Gasteiger partial charge is 0.245 e. The molecular formula is C11H16ClN3O4S2. The molecule has 2 N–H and O–H groups in total. The normalized spacial score (nSPS) is 18.8. The van der Waals surface area contributed by atoms with Crippen LogP contribution in [0, 0.1) is 0 Å². The molecule has 0 radical (unpaired) electrons. The largest absolute Gasteiger partial charge is 0.398 e. The van der Waals surface area contributed by atoms with Gasteiger partial charge in [-0.05, 0) is 18.2 Å². The van der Waals surface area contributed by atoms with Gasteiger partial charge in [-0.25, -0.2) is 16.8 Å². The number of nitrogens with zero attached hydrogens (tertiary/aromatic N) is 2. The average molecular weight is 354 g/mol. The highest BCUT2D eigenvalue weighted by atomic mass is 35.5. The van der Waals surface area contributed by atoms with Gasteiger partial charge in [-0.15, -0.1) is 0 Å². The molecule has 1 aliphatic heterocycles. The number of benzene rings is 1. The Morgan fingerprint density at radius 1 is 1.05 bits per heavy atom. The minimum Gasteiger partial charge on any atom is -0.398 e. The zero-order chi connectivity index (χ0) is 15.8. The van der Waals surface area contributed by atoms with Gasteiger partial charge in [0.25, 0.3) is 0 Å². The molecule has 1 saturated heterocycles. The molecule has 0 bridgehead atoms. The van der Waals surface area contributed by atoms with Gasteiger partial charge in [-0.3, -0.25) is 0 Å². The van der Waals surface area contributed by atoms with Crippen molar-refractivity contribution in [2.24, 2.45) is 0 Å². The summed E-state index contributed by atoms with van der Waals surface area (Å²) in [6, 6.07) is 4.24. The molecule has 21 heavy (non-hydrogen) atoms. The summed E-state index contributed by atoms with van der Waals surface area (Å²) in [5, 5.41) is 0.276. The van der Waals surface area contributed by atoms with Crippen molar-refractivity contribution in [2.45, 2.75) is 4.90 Å². The summed E-state index contributed by atoms with van der Waals surface area (Å²) in [5.41, 5.74) is 5.82. The molecule has 0 atom stereocenters. The Kier molecular flexibility index (Phi) is 4.50. The lowest BCUT2D eigenvalue weighted by atomic mass is 10.3. The highest BCUT2D eigenvalue weighted by Gasteiger charge is 2.32. The molecular weight excluding hydrogens is 338 g/mol. The minimum atomic E-state index is -3.78. The van der Waals surface area contributed by atoms with Crippen molar-refractivity contribution in [3.63, 3.8) is 0 Å². The fraction of sp³-hybridized carbons (Fsp3) is 0.455. The van der Waals surface area contributed by atoms with E-state index in [1.54, 1.807) is 0 Å². The van der Waals surface area contributed by atoms with Crippen LogP contribution in [0.1, 0.15) is 0 Å². The first-order chi connectivity index (χ1) is 9.62. The Bertz CT molecular complexity index is 741. The monoisotopic (exact) mass is 353 g/mol. The van der Waals surface area contributed by atoms with Crippen LogP contribution in [0.5, 0.6) is 0 Å². The molecule has 0 spiro atoms. The first kappa shape index (κ1) is 16.5. The van der Waals surface area contributed by atoms with E-state index < -0.39 is 20.0 Å². The van der Waals surface area contributed by atoms with E-state index in [-0.39, 0.29) is 41.8 Å². The van der Waals surface area contributed by atoms with Crippen molar-refractivity contribution < 1.29 is 16.8 Å². The number of halogens is 1. The van der Waals surface area contributed by atoms with Gasteiger partial charge < -0.3 is 5.73 Å². The molecule has 0 saturated carbocycles. The van der Waals surface area contributed by atoms with Gasteiger partial charge in [0.15, 0.2) is 0 Å². The van der Waals surface area contributed by atoms with Crippen molar-refractivity contribution >= 4 is 37.3 Å². The highest BCUT2D eigenvalue weighted by molar-refractivity contribution is 7.89. The first-order valence-corrected chi connectivity index (χ1v) is 9.79. The van der Waals surface area contributed by atoms with Crippen molar-refractivity contribution in [1.29, 1.82) is 0 Å². The second-order valence-electron chi connectivity index (χ2n) is 4.75. The summed E-state index contributed by atoms with van der Waals surface area (Å²) < 4.78 is 50.4. The third-order valence-corrected chi connectivity index (χ3v) is 6.75.